The van der Waals surface area contributed by atoms with Crippen LogP contribution in [0.2, 0.25) is 0 Å². The second-order valence-corrected chi connectivity index (χ2v) is 4.65. The van der Waals surface area contributed by atoms with Crippen molar-refractivity contribution in [1.29, 1.82) is 5.26 Å². The number of thioether (sulfide) groups is 1. The molecular weight excluding hydrogens is 237 g/mol. The summed E-state index contributed by atoms with van der Waals surface area (Å²) < 4.78 is 13.2. The van der Waals surface area contributed by atoms with E-state index in [4.69, 9.17) is 5.26 Å². The summed E-state index contributed by atoms with van der Waals surface area (Å²) >= 11 is 1.27. The van der Waals surface area contributed by atoms with Gasteiger partial charge in [0.25, 0.3) is 0 Å². The van der Waals surface area contributed by atoms with Gasteiger partial charge in [-0.2, -0.15) is 5.26 Å². The lowest BCUT2D eigenvalue weighted by Gasteiger charge is -1.96. The van der Waals surface area contributed by atoms with Crippen molar-refractivity contribution in [2.75, 3.05) is 5.75 Å². The third kappa shape index (κ3) is 4.83. The van der Waals surface area contributed by atoms with E-state index in [1.54, 1.807) is 18.2 Å². The van der Waals surface area contributed by atoms with Crippen molar-refractivity contribution in [3.63, 3.8) is 0 Å². The third-order valence-corrected chi connectivity index (χ3v) is 2.86. The molecule has 17 heavy (non-hydrogen) atoms. The van der Waals surface area contributed by atoms with Crippen molar-refractivity contribution in [3.05, 3.63) is 41.2 Å². The van der Waals surface area contributed by atoms with Crippen molar-refractivity contribution in [3.8, 4) is 6.07 Å². The topological polar surface area (TPSA) is 40.9 Å². The van der Waals surface area contributed by atoms with Crippen LogP contribution >= 0.6 is 11.8 Å². The first-order valence-corrected chi connectivity index (χ1v) is 6.11. The fourth-order valence-corrected chi connectivity index (χ4v) is 1.76. The minimum absolute atomic E-state index is 0.0503. The standard InChI is InChI=1S/C13H12FNOS/c1-10(16)17-7-3-2-4-11-5-6-12(9-15)13(14)8-11/h2,4-6,8H,3,7H2,1H3. The predicted octanol–water partition coefficient (Wildman–Crippen LogP) is 3.38. The number of carbonyl (C=O) groups is 1. The summed E-state index contributed by atoms with van der Waals surface area (Å²) in [6.07, 6.45) is 4.42. The van der Waals surface area contributed by atoms with Gasteiger partial charge >= 0.3 is 0 Å². The number of nitriles is 1. The predicted molar refractivity (Wildman–Crippen MR) is 67.9 cm³/mol. The Bertz CT molecular complexity index is 477. The molecule has 1 aromatic carbocycles. The van der Waals surface area contributed by atoms with E-state index < -0.39 is 5.82 Å². The summed E-state index contributed by atoms with van der Waals surface area (Å²) in [6.45, 7) is 1.53. The van der Waals surface area contributed by atoms with Gasteiger partial charge in [-0.05, 0) is 24.1 Å². The Morgan fingerprint density at radius 3 is 2.94 bits per heavy atom. The van der Waals surface area contributed by atoms with Crippen LogP contribution in [-0.2, 0) is 4.79 Å². The maximum absolute atomic E-state index is 13.2. The number of nitrogens with zero attached hydrogens (tertiary/aromatic N) is 1. The van der Waals surface area contributed by atoms with Crippen LogP contribution in [0.4, 0.5) is 4.39 Å². The van der Waals surface area contributed by atoms with E-state index in [2.05, 4.69) is 0 Å². The molecule has 1 rings (SSSR count). The minimum Gasteiger partial charge on any atom is -0.288 e. The quantitative estimate of drug-likeness (QED) is 0.768. The van der Waals surface area contributed by atoms with Crippen LogP contribution in [-0.4, -0.2) is 10.9 Å². The zero-order valence-corrected chi connectivity index (χ0v) is 10.3. The molecule has 0 fully saturated rings. The smallest absolute Gasteiger partial charge is 0.185 e. The normalized spacial score (nSPS) is 10.4. The molecule has 0 bridgehead atoms. The average Bonchev–Trinajstić information content (AvgIpc) is 2.28. The number of halogens is 1. The van der Waals surface area contributed by atoms with Gasteiger partial charge in [0.1, 0.15) is 11.9 Å². The molecule has 0 atom stereocenters. The van der Waals surface area contributed by atoms with Gasteiger partial charge in [0.05, 0.1) is 5.56 Å². The van der Waals surface area contributed by atoms with E-state index in [0.29, 0.717) is 5.56 Å². The molecular formula is C13H12FNOS. The molecule has 0 aliphatic rings. The number of allylic oxidation sites excluding steroid dienone is 1. The van der Waals surface area contributed by atoms with Gasteiger partial charge in [-0.3, -0.25) is 4.79 Å². The first-order chi connectivity index (χ1) is 8.13. The number of hydrogen-bond donors (Lipinski definition) is 0. The van der Waals surface area contributed by atoms with Crippen LogP contribution < -0.4 is 0 Å². The van der Waals surface area contributed by atoms with Crippen molar-refractivity contribution in [2.45, 2.75) is 13.3 Å². The monoisotopic (exact) mass is 249 g/mol. The molecule has 1 aromatic rings. The first kappa shape index (κ1) is 13.5. The lowest BCUT2D eigenvalue weighted by molar-refractivity contribution is -0.109. The van der Waals surface area contributed by atoms with E-state index in [0.717, 1.165) is 12.2 Å². The van der Waals surface area contributed by atoms with Gasteiger partial charge in [0.2, 0.25) is 0 Å². The summed E-state index contributed by atoms with van der Waals surface area (Å²) in [5.74, 6) is 0.220. The number of hydrogen-bond acceptors (Lipinski definition) is 3. The molecule has 0 saturated heterocycles. The Morgan fingerprint density at radius 2 is 2.35 bits per heavy atom. The Balaban J connectivity index is 2.52. The van der Waals surface area contributed by atoms with E-state index >= 15 is 0 Å². The maximum Gasteiger partial charge on any atom is 0.185 e. The summed E-state index contributed by atoms with van der Waals surface area (Å²) in [4.78, 5) is 10.7. The second-order valence-electron chi connectivity index (χ2n) is 3.38. The van der Waals surface area contributed by atoms with Crippen molar-refractivity contribution in [2.24, 2.45) is 0 Å². The molecule has 4 heteroatoms. The van der Waals surface area contributed by atoms with Crippen LogP contribution in [0, 0.1) is 17.1 Å². The second kappa shape index (κ2) is 6.87. The van der Waals surface area contributed by atoms with Crippen LogP contribution in [0.3, 0.4) is 0 Å². The van der Waals surface area contributed by atoms with Crippen molar-refractivity contribution >= 4 is 23.0 Å². The summed E-state index contributed by atoms with van der Waals surface area (Å²) in [5.41, 5.74) is 0.767. The Morgan fingerprint density at radius 1 is 1.59 bits per heavy atom. The van der Waals surface area contributed by atoms with Gasteiger partial charge in [-0.15, -0.1) is 0 Å². The van der Waals surface area contributed by atoms with Crippen molar-refractivity contribution < 1.29 is 9.18 Å². The third-order valence-electron chi connectivity index (χ3n) is 2.01. The molecule has 0 aliphatic carbocycles. The highest BCUT2D eigenvalue weighted by Crippen LogP contribution is 2.11. The maximum atomic E-state index is 13.2. The van der Waals surface area contributed by atoms with Crippen LogP contribution in [0.25, 0.3) is 6.08 Å². The lowest BCUT2D eigenvalue weighted by Crippen LogP contribution is -1.85. The average molecular weight is 249 g/mol. The molecule has 0 aromatic heterocycles. The molecule has 0 radical (unpaired) electrons. The zero-order chi connectivity index (χ0) is 12.7. The van der Waals surface area contributed by atoms with Crippen LogP contribution in [0.5, 0.6) is 0 Å². The SMILES string of the molecule is CC(=O)SCCC=Cc1ccc(C#N)c(F)c1. The summed E-state index contributed by atoms with van der Waals surface area (Å²) in [5, 5.41) is 8.66. The first-order valence-electron chi connectivity index (χ1n) is 5.13. The summed E-state index contributed by atoms with van der Waals surface area (Å²) in [7, 11) is 0. The number of benzene rings is 1. The molecule has 0 amide bonds. The van der Waals surface area contributed by atoms with Gasteiger partial charge in [0.15, 0.2) is 5.12 Å². The van der Waals surface area contributed by atoms with E-state index in [-0.39, 0.29) is 10.7 Å². The van der Waals surface area contributed by atoms with E-state index in [1.807, 2.05) is 6.08 Å². The molecule has 88 valence electrons. The van der Waals surface area contributed by atoms with Gasteiger partial charge < -0.3 is 0 Å². The number of rotatable bonds is 4. The molecule has 0 aliphatic heterocycles. The zero-order valence-electron chi connectivity index (χ0n) is 9.44. The molecule has 0 saturated carbocycles. The largest absolute Gasteiger partial charge is 0.288 e. The highest BCUT2D eigenvalue weighted by molar-refractivity contribution is 8.13. The molecule has 0 N–H and O–H groups in total. The highest BCUT2D eigenvalue weighted by Gasteiger charge is 2.00. The molecule has 2 nitrogen and oxygen atoms in total. The molecule has 0 heterocycles. The molecule has 0 spiro atoms. The Kier molecular flexibility index (Phi) is 5.44. The Hall–Kier alpha value is -1.60. The fraction of sp³-hybridized carbons (Fsp3) is 0.231. The van der Waals surface area contributed by atoms with Gasteiger partial charge in [-0.25, -0.2) is 4.39 Å². The Labute approximate surface area is 104 Å². The summed E-state index contributed by atoms with van der Waals surface area (Å²) in [6, 6.07) is 6.25. The fourth-order valence-electron chi connectivity index (χ4n) is 1.22. The highest BCUT2D eigenvalue weighted by atomic mass is 32.2. The van der Waals surface area contributed by atoms with Gasteiger partial charge in [-0.1, -0.05) is 30.0 Å². The van der Waals surface area contributed by atoms with E-state index in [1.165, 1.54) is 30.8 Å². The van der Waals surface area contributed by atoms with Crippen LogP contribution in [0.1, 0.15) is 24.5 Å². The number of carbonyl (C=O) groups excluding carboxylic acids is 1. The van der Waals surface area contributed by atoms with E-state index in [9.17, 15) is 9.18 Å². The van der Waals surface area contributed by atoms with Crippen molar-refractivity contribution in [1.82, 2.24) is 0 Å². The lowest BCUT2D eigenvalue weighted by atomic mass is 10.1. The van der Waals surface area contributed by atoms with Gasteiger partial charge in [0, 0.05) is 12.7 Å². The molecule has 0 unspecified atom stereocenters. The van der Waals surface area contributed by atoms with Crippen LogP contribution in [0.15, 0.2) is 24.3 Å². The minimum atomic E-state index is -0.507.